The van der Waals surface area contributed by atoms with Crippen molar-refractivity contribution < 1.29 is 37.4 Å². The second-order valence-electron chi connectivity index (χ2n) is 8.44. The molecule has 2 N–H and O–H groups in total. The van der Waals surface area contributed by atoms with Crippen LogP contribution >= 0.6 is 0 Å². The topological polar surface area (TPSA) is 134 Å². The minimum atomic E-state index is -3.82. The number of furan rings is 1. The SMILES string of the molecule is CCN(CC)CCCOc1ccc(S(=O)(=O)c2c(-c3ccccc3)oc3ccccc23)cc1.O=C(O)C(=O)O. The Morgan fingerprint density at radius 2 is 1.44 bits per heavy atom. The molecule has 9 nitrogen and oxygen atoms in total. The van der Waals surface area contributed by atoms with E-state index >= 15 is 0 Å². The zero-order valence-electron chi connectivity index (χ0n) is 21.7. The first-order chi connectivity index (χ1) is 18.7. The van der Waals surface area contributed by atoms with Crippen molar-refractivity contribution in [1.29, 1.82) is 0 Å². The number of carboxylic acids is 2. The number of fused-ring (bicyclic) bond motifs is 1. The van der Waals surface area contributed by atoms with Crippen molar-refractivity contribution in [2.24, 2.45) is 0 Å². The molecule has 4 aromatic rings. The molecule has 4 rings (SSSR count). The van der Waals surface area contributed by atoms with Crippen molar-refractivity contribution in [3.63, 3.8) is 0 Å². The number of nitrogens with zero attached hydrogens (tertiary/aromatic N) is 1. The molecule has 0 saturated heterocycles. The van der Waals surface area contributed by atoms with Crippen LogP contribution in [0.4, 0.5) is 0 Å². The van der Waals surface area contributed by atoms with Gasteiger partial charge in [-0.25, -0.2) is 18.0 Å². The molecular formula is C29H31NO8S. The smallest absolute Gasteiger partial charge is 0.414 e. The highest BCUT2D eigenvalue weighted by atomic mass is 32.2. The summed E-state index contributed by atoms with van der Waals surface area (Å²) in [5, 5.41) is 15.4. The van der Waals surface area contributed by atoms with Crippen molar-refractivity contribution in [2.75, 3.05) is 26.2 Å². The molecule has 206 valence electrons. The van der Waals surface area contributed by atoms with Gasteiger partial charge in [0.25, 0.3) is 0 Å². The highest BCUT2D eigenvalue weighted by Gasteiger charge is 2.28. The van der Waals surface area contributed by atoms with Crippen LogP contribution in [-0.4, -0.2) is 61.7 Å². The highest BCUT2D eigenvalue weighted by molar-refractivity contribution is 7.91. The van der Waals surface area contributed by atoms with Crippen LogP contribution in [0.25, 0.3) is 22.3 Å². The van der Waals surface area contributed by atoms with E-state index < -0.39 is 21.8 Å². The molecule has 10 heteroatoms. The van der Waals surface area contributed by atoms with Crippen molar-refractivity contribution in [2.45, 2.75) is 30.1 Å². The van der Waals surface area contributed by atoms with Gasteiger partial charge in [-0.3, -0.25) is 0 Å². The van der Waals surface area contributed by atoms with Crippen LogP contribution in [0.3, 0.4) is 0 Å². The quantitative estimate of drug-likeness (QED) is 0.201. The Morgan fingerprint density at radius 1 is 0.846 bits per heavy atom. The number of rotatable bonds is 10. The van der Waals surface area contributed by atoms with Crippen LogP contribution < -0.4 is 4.74 Å². The summed E-state index contributed by atoms with van der Waals surface area (Å²) in [4.78, 5) is 20.9. The van der Waals surface area contributed by atoms with Crippen LogP contribution in [0.15, 0.2) is 93.1 Å². The Kier molecular flexibility index (Phi) is 10.2. The minimum Gasteiger partial charge on any atom is -0.494 e. The molecule has 0 unspecified atom stereocenters. The molecule has 0 bridgehead atoms. The molecule has 0 amide bonds. The third-order valence-electron chi connectivity index (χ3n) is 5.95. The third kappa shape index (κ3) is 7.46. The second kappa shape index (κ2) is 13.6. The van der Waals surface area contributed by atoms with Crippen molar-refractivity contribution in [1.82, 2.24) is 4.90 Å². The van der Waals surface area contributed by atoms with Crippen LogP contribution in [0, 0.1) is 0 Å². The monoisotopic (exact) mass is 553 g/mol. The van der Waals surface area contributed by atoms with Gasteiger partial charge in [0.05, 0.1) is 11.5 Å². The van der Waals surface area contributed by atoms with E-state index in [2.05, 4.69) is 18.7 Å². The lowest BCUT2D eigenvalue weighted by atomic mass is 10.1. The summed E-state index contributed by atoms with van der Waals surface area (Å²) < 4.78 is 39.3. The molecule has 1 heterocycles. The summed E-state index contributed by atoms with van der Waals surface area (Å²) in [7, 11) is -3.82. The normalized spacial score (nSPS) is 11.2. The zero-order valence-corrected chi connectivity index (χ0v) is 22.6. The predicted molar refractivity (Wildman–Crippen MR) is 147 cm³/mol. The average molecular weight is 554 g/mol. The third-order valence-corrected chi connectivity index (χ3v) is 7.79. The molecule has 0 saturated carbocycles. The van der Waals surface area contributed by atoms with E-state index in [4.69, 9.17) is 29.0 Å². The maximum Gasteiger partial charge on any atom is 0.414 e. The number of carbonyl (C=O) groups is 2. The molecule has 3 aromatic carbocycles. The number of carboxylic acid groups (broad SMARTS) is 2. The lowest BCUT2D eigenvalue weighted by molar-refractivity contribution is -0.159. The highest BCUT2D eigenvalue weighted by Crippen LogP contribution is 2.39. The Balaban J connectivity index is 0.000000631. The van der Waals surface area contributed by atoms with Gasteiger partial charge in [-0.15, -0.1) is 0 Å². The van der Waals surface area contributed by atoms with Gasteiger partial charge in [0.15, 0.2) is 5.76 Å². The molecule has 0 aliphatic heterocycles. The lowest BCUT2D eigenvalue weighted by Crippen LogP contribution is -2.25. The molecule has 0 aliphatic carbocycles. The number of aliphatic carboxylic acids is 2. The Hall–Kier alpha value is -4.15. The number of para-hydroxylation sites is 1. The summed E-state index contributed by atoms with van der Waals surface area (Å²) in [6, 6.07) is 23.2. The van der Waals surface area contributed by atoms with E-state index in [9.17, 15) is 8.42 Å². The summed E-state index contributed by atoms with van der Waals surface area (Å²) >= 11 is 0. The van der Waals surface area contributed by atoms with Crippen LogP contribution in [0.2, 0.25) is 0 Å². The van der Waals surface area contributed by atoms with E-state index in [1.54, 1.807) is 36.4 Å². The summed E-state index contributed by atoms with van der Waals surface area (Å²) in [6.45, 7) is 7.92. The average Bonchev–Trinajstić information content (AvgIpc) is 3.35. The fourth-order valence-electron chi connectivity index (χ4n) is 3.92. The molecule has 1 aromatic heterocycles. The van der Waals surface area contributed by atoms with Gasteiger partial charge >= 0.3 is 11.9 Å². The van der Waals surface area contributed by atoms with Crippen LogP contribution in [0.5, 0.6) is 5.75 Å². The van der Waals surface area contributed by atoms with E-state index in [-0.39, 0.29) is 9.79 Å². The van der Waals surface area contributed by atoms with Gasteiger partial charge in [0, 0.05) is 17.5 Å². The molecule has 0 fully saturated rings. The van der Waals surface area contributed by atoms with E-state index in [0.717, 1.165) is 31.6 Å². The Morgan fingerprint density at radius 3 is 2.03 bits per heavy atom. The number of hydrogen-bond acceptors (Lipinski definition) is 7. The number of hydrogen-bond donors (Lipinski definition) is 2. The molecule has 0 aliphatic rings. The summed E-state index contributed by atoms with van der Waals surface area (Å²) in [5.74, 6) is -2.63. The lowest BCUT2D eigenvalue weighted by Gasteiger charge is -2.17. The first-order valence-corrected chi connectivity index (χ1v) is 13.9. The standard InChI is InChI=1S/C27H29NO4S.C2H2O4/c1-3-28(4-2)19-10-20-31-22-15-17-23(18-16-22)33(29,30)27-24-13-8-9-14-25(24)32-26(27)21-11-6-5-7-12-21;3-1(4)2(5)6/h5-9,11-18H,3-4,10,19-20H2,1-2H3;(H,3,4)(H,5,6). The fraction of sp³-hybridized carbons (Fsp3) is 0.241. The Labute approximate surface area is 227 Å². The number of benzene rings is 3. The zero-order chi connectivity index (χ0) is 28.4. The Bertz CT molecular complexity index is 1480. The van der Waals surface area contributed by atoms with Gasteiger partial charge < -0.3 is 24.3 Å². The number of ether oxygens (including phenoxy) is 1. The van der Waals surface area contributed by atoms with Crippen molar-refractivity contribution in [3.05, 3.63) is 78.9 Å². The fourth-order valence-corrected chi connectivity index (χ4v) is 5.51. The van der Waals surface area contributed by atoms with Gasteiger partial charge in [-0.1, -0.05) is 56.3 Å². The molecule has 0 spiro atoms. The van der Waals surface area contributed by atoms with Crippen LogP contribution in [0.1, 0.15) is 20.3 Å². The van der Waals surface area contributed by atoms with Gasteiger partial charge in [-0.05, 0) is 55.9 Å². The maximum atomic E-state index is 13.7. The van der Waals surface area contributed by atoms with E-state index in [1.807, 2.05) is 42.5 Å². The first-order valence-electron chi connectivity index (χ1n) is 12.4. The largest absolute Gasteiger partial charge is 0.494 e. The summed E-state index contributed by atoms with van der Waals surface area (Å²) in [6.07, 6.45) is 0.920. The second-order valence-corrected chi connectivity index (χ2v) is 10.3. The predicted octanol–water partition coefficient (Wildman–Crippen LogP) is 5.20. The van der Waals surface area contributed by atoms with Crippen molar-refractivity contribution >= 4 is 32.7 Å². The van der Waals surface area contributed by atoms with E-state index in [0.29, 0.717) is 29.1 Å². The number of sulfone groups is 1. The first kappa shape index (κ1) is 29.4. The molecule has 0 radical (unpaired) electrons. The molecule has 0 atom stereocenters. The molecular weight excluding hydrogens is 522 g/mol. The molecule has 39 heavy (non-hydrogen) atoms. The van der Waals surface area contributed by atoms with E-state index in [1.165, 1.54) is 0 Å². The minimum absolute atomic E-state index is 0.192. The summed E-state index contributed by atoms with van der Waals surface area (Å²) in [5.41, 5.74) is 1.27. The van der Waals surface area contributed by atoms with Crippen molar-refractivity contribution in [3.8, 4) is 17.1 Å². The van der Waals surface area contributed by atoms with Crippen LogP contribution in [-0.2, 0) is 19.4 Å². The maximum absolute atomic E-state index is 13.7. The van der Waals surface area contributed by atoms with Gasteiger partial charge in [0.1, 0.15) is 16.2 Å². The van der Waals surface area contributed by atoms with Gasteiger partial charge in [-0.2, -0.15) is 0 Å². The van der Waals surface area contributed by atoms with Gasteiger partial charge in [0.2, 0.25) is 9.84 Å².